The summed E-state index contributed by atoms with van der Waals surface area (Å²) in [5.41, 5.74) is 8.01. The van der Waals surface area contributed by atoms with Crippen LogP contribution in [0.1, 0.15) is 5.56 Å². The normalized spacial score (nSPS) is 12.4. The van der Waals surface area contributed by atoms with Crippen LogP contribution in [0.4, 0.5) is 5.69 Å². The van der Waals surface area contributed by atoms with E-state index in [1.807, 2.05) is 30.3 Å². The van der Waals surface area contributed by atoms with Crippen LogP contribution in [0.15, 0.2) is 59.6 Å². The van der Waals surface area contributed by atoms with E-state index in [1.165, 1.54) is 0 Å². The Hall–Kier alpha value is -1.91. The van der Waals surface area contributed by atoms with Crippen molar-refractivity contribution >= 4 is 39.0 Å². The van der Waals surface area contributed by atoms with E-state index in [-0.39, 0.29) is 0 Å². The zero-order chi connectivity index (χ0) is 14.8. The van der Waals surface area contributed by atoms with Crippen LogP contribution in [0, 0.1) is 0 Å². The fourth-order valence-corrected chi connectivity index (χ4v) is 3.55. The fourth-order valence-electron chi connectivity index (χ4n) is 2.16. The summed E-state index contributed by atoms with van der Waals surface area (Å²) >= 11 is 5.98. The van der Waals surface area contributed by atoms with Gasteiger partial charge >= 0.3 is 0 Å². The highest BCUT2D eigenvalue weighted by atomic mass is 35.5. The Morgan fingerprint density at radius 3 is 2.76 bits per heavy atom. The van der Waals surface area contributed by atoms with Crippen LogP contribution in [-0.4, -0.2) is 9.19 Å². The zero-order valence-electron chi connectivity index (χ0n) is 11.1. The van der Waals surface area contributed by atoms with E-state index in [9.17, 15) is 4.21 Å². The van der Waals surface area contributed by atoms with Gasteiger partial charge in [0.2, 0.25) is 0 Å². The van der Waals surface area contributed by atoms with Crippen molar-refractivity contribution in [3.63, 3.8) is 0 Å². The Balaban J connectivity index is 1.94. The zero-order valence-corrected chi connectivity index (χ0v) is 12.7. The number of aromatic nitrogens is 1. The highest BCUT2D eigenvalue weighted by Crippen LogP contribution is 2.24. The summed E-state index contributed by atoms with van der Waals surface area (Å²) in [4.78, 5) is 5.05. The molecule has 0 radical (unpaired) electrons. The number of anilines is 1. The second-order valence-corrected chi connectivity index (χ2v) is 6.52. The van der Waals surface area contributed by atoms with Gasteiger partial charge in [0.05, 0.1) is 32.8 Å². The molecule has 0 spiro atoms. The number of hydrogen-bond acceptors (Lipinski definition) is 3. The third kappa shape index (κ3) is 2.91. The first-order chi connectivity index (χ1) is 10.1. The van der Waals surface area contributed by atoms with Crippen molar-refractivity contribution in [2.75, 3.05) is 5.73 Å². The molecule has 1 heterocycles. The maximum absolute atomic E-state index is 12.5. The van der Waals surface area contributed by atoms with Crippen molar-refractivity contribution in [2.45, 2.75) is 10.6 Å². The summed E-state index contributed by atoms with van der Waals surface area (Å²) in [6, 6.07) is 14.9. The molecular formula is C16H13ClN2OS. The molecule has 0 amide bonds. The summed E-state index contributed by atoms with van der Waals surface area (Å²) in [6.07, 6.45) is 1.74. The molecule has 0 saturated carbocycles. The molecule has 3 rings (SSSR count). The minimum atomic E-state index is -1.19. The molecule has 1 unspecified atom stereocenters. The minimum absolute atomic E-state index is 0.397. The van der Waals surface area contributed by atoms with Gasteiger partial charge in [-0.1, -0.05) is 35.9 Å². The lowest BCUT2D eigenvalue weighted by molar-refractivity contribution is 0.682. The summed E-state index contributed by atoms with van der Waals surface area (Å²) < 4.78 is 12.5. The summed E-state index contributed by atoms with van der Waals surface area (Å²) in [6.45, 7) is 0. The number of benzene rings is 2. The van der Waals surface area contributed by atoms with Gasteiger partial charge in [-0.3, -0.25) is 9.19 Å². The third-order valence-electron chi connectivity index (χ3n) is 3.24. The Morgan fingerprint density at radius 1 is 1.14 bits per heavy atom. The van der Waals surface area contributed by atoms with Crippen molar-refractivity contribution in [3.05, 3.63) is 65.3 Å². The Kier molecular flexibility index (Phi) is 3.90. The Labute approximate surface area is 130 Å². The average Bonchev–Trinajstić information content (AvgIpc) is 2.50. The van der Waals surface area contributed by atoms with E-state index < -0.39 is 10.8 Å². The number of fused-ring (bicyclic) bond motifs is 1. The minimum Gasteiger partial charge on any atom is -0.398 e. The molecule has 106 valence electrons. The van der Waals surface area contributed by atoms with Gasteiger partial charge in [0.15, 0.2) is 0 Å². The molecule has 3 nitrogen and oxygen atoms in total. The number of halogens is 1. The van der Waals surface area contributed by atoms with E-state index >= 15 is 0 Å². The van der Waals surface area contributed by atoms with Gasteiger partial charge in [-0.15, -0.1) is 0 Å². The number of nitrogen functional groups attached to an aromatic ring is 1. The van der Waals surface area contributed by atoms with Crippen LogP contribution >= 0.6 is 11.6 Å². The summed E-state index contributed by atoms with van der Waals surface area (Å²) in [5.74, 6) is 0.397. The van der Waals surface area contributed by atoms with Crippen LogP contribution in [0.3, 0.4) is 0 Å². The number of nitrogens with two attached hydrogens (primary N) is 1. The molecule has 2 aromatic carbocycles. The van der Waals surface area contributed by atoms with Gasteiger partial charge in [0, 0.05) is 16.5 Å². The van der Waals surface area contributed by atoms with E-state index in [2.05, 4.69) is 4.98 Å². The smallest absolute Gasteiger partial charge is 0.0743 e. The fraction of sp³-hybridized carbons (Fsp3) is 0.0625. The monoisotopic (exact) mass is 316 g/mol. The standard InChI is InChI=1S/C16H13ClN2OS/c17-14-9-13(6-7-15(14)18)21(20)10-12-4-1-3-11-5-2-8-19-16(11)12/h1-9H,10,18H2. The predicted octanol–water partition coefficient (Wildman–Crippen LogP) is 3.78. The number of hydrogen-bond donors (Lipinski definition) is 1. The lowest BCUT2D eigenvalue weighted by Crippen LogP contribution is -1.99. The summed E-state index contributed by atoms with van der Waals surface area (Å²) in [7, 11) is -1.19. The lowest BCUT2D eigenvalue weighted by atomic mass is 10.1. The Morgan fingerprint density at radius 2 is 1.95 bits per heavy atom. The number of nitrogens with zero attached hydrogens (tertiary/aromatic N) is 1. The molecule has 0 aliphatic rings. The van der Waals surface area contributed by atoms with Gasteiger partial charge < -0.3 is 5.73 Å². The van der Waals surface area contributed by atoms with E-state index in [4.69, 9.17) is 17.3 Å². The highest BCUT2D eigenvalue weighted by molar-refractivity contribution is 7.84. The van der Waals surface area contributed by atoms with Crippen LogP contribution in [0.2, 0.25) is 5.02 Å². The highest BCUT2D eigenvalue weighted by Gasteiger charge is 2.10. The average molecular weight is 317 g/mol. The van der Waals surface area contributed by atoms with Crippen molar-refractivity contribution in [2.24, 2.45) is 0 Å². The van der Waals surface area contributed by atoms with Crippen molar-refractivity contribution < 1.29 is 4.21 Å². The van der Waals surface area contributed by atoms with Crippen LogP contribution in [0.25, 0.3) is 10.9 Å². The number of rotatable bonds is 3. The maximum Gasteiger partial charge on any atom is 0.0743 e. The first-order valence-corrected chi connectivity index (χ1v) is 8.11. The second kappa shape index (κ2) is 5.84. The number of pyridine rings is 1. The van der Waals surface area contributed by atoms with Gasteiger partial charge in [-0.05, 0) is 29.8 Å². The van der Waals surface area contributed by atoms with Gasteiger partial charge in [0.1, 0.15) is 0 Å². The van der Waals surface area contributed by atoms with Gasteiger partial charge in [-0.2, -0.15) is 0 Å². The second-order valence-electron chi connectivity index (χ2n) is 4.67. The molecule has 2 N–H and O–H groups in total. The molecule has 0 aliphatic carbocycles. The van der Waals surface area contributed by atoms with Crippen molar-refractivity contribution in [1.82, 2.24) is 4.98 Å². The molecule has 0 fully saturated rings. The van der Waals surface area contributed by atoms with Crippen LogP contribution < -0.4 is 5.73 Å². The van der Waals surface area contributed by atoms with Gasteiger partial charge in [-0.25, -0.2) is 0 Å². The molecule has 1 aromatic heterocycles. The molecule has 1 atom stereocenters. The lowest BCUT2D eigenvalue weighted by Gasteiger charge is -2.07. The first kappa shape index (κ1) is 14.0. The van der Waals surface area contributed by atoms with Crippen molar-refractivity contribution in [3.8, 4) is 0 Å². The molecule has 0 bridgehead atoms. The predicted molar refractivity (Wildman–Crippen MR) is 87.7 cm³/mol. The van der Waals surface area contributed by atoms with E-state index in [0.29, 0.717) is 21.4 Å². The molecule has 3 aromatic rings. The quantitative estimate of drug-likeness (QED) is 0.748. The topological polar surface area (TPSA) is 56.0 Å². The Bertz CT molecular complexity index is 830. The number of para-hydroxylation sites is 1. The molecule has 0 saturated heterocycles. The molecule has 5 heteroatoms. The van der Waals surface area contributed by atoms with E-state index in [0.717, 1.165) is 16.5 Å². The largest absolute Gasteiger partial charge is 0.398 e. The molecule has 0 aliphatic heterocycles. The molecular weight excluding hydrogens is 304 g/mol. The van der Waals surface area contributed by atoms with Gasteiger partial charge in [0.25, 0.3) is 0 Å². The third-order valence-corrected chi connectivity index (χ3v) is 4.92. The van der Waals surface area contributed by atoms with Crippen LogP contribution in [-0.2, 0) is 16.6 Å². The molecule has 21 heavy (non-hydrogen) atoms. The SMILES string of the molecule is Nc1ccc(S(=O)Cc2cccc3cccnc23)cc1Cl. The van der Waals surface area contributed by atoms with Crippen molar-refractivity contribution in [1.29, 1.82) is 0 Å². The van der Waals surface area contributed by atoms with E-state index in [1.54, 1.807) is 24.4 Å². The summed E-state index contributed by atoms with van der Waals surface area (Å²) in [5, 5.41) is 1.47. The maximum atomic E-state index is 12.5. The first-order valence-electron chi connectivity index (χ1n) is 6.41. The van der Waals surface area contributed by atoms with Crippen LogP contribution in [0.5, 0.6) is 0 Å².